The lowest BCUT2D eigenvalue weighted by molar-refractivity contribution is -0.122. The minimum atomic E-state index is 0.110. The van der Waals surface area contributed by atoms with Crippen LogP contribution in [0.4, 0.5) is 0 Å². The molecule has 1 aliphatic carbocycles. The van der Waals surface area contributed by atoms with Crippen LogP contribution in [0.3, 0.4) is 0 Å². The Bertz CT molecular complexity index is 903. The van der Waals surface area contributed by atoms with Crippen LogP contribution in [-0.4, -0.2) is 38.9 Å². The number of fused-ring (bicyclic) bond motifs is 1. The number of rotatable bonds is 7. The summed E-state index contributed by atoms with van der Waals surface area (Å²) in [7, 11) is 0. The molecule has 140 valence electrons. The van der Waals surface area contributed by atoms with Crippen molar-refractivity contribution in [2.75, 3.05) is 13.2 Å². The van der Waals surface area contributed by atoms with Gasteiger partial charge in [-0.2, -0.15) is 4.52 Å². The van der Waals surface area contributed by atoms with E-state index in [0.717, 1.165) is 5.56 Å². The number of benzene rings is 1. The zero-order valence-electron chi connectivity index (χ0n) is 15.2. The van der Waals surface area contributed by atoms with Gasteiger partial charge in [-0.15, -0.1) is 15.3 Å². The first-order valence-electron chi connectivity index (χ1n) is 9.47. The lowest BCUT2D eigenvalue weighted by Crippen LogP contribution is -2.29. The summed E-state index contributed by atoms with van der Waals surface area (Å²) < 4.78 is 7.36. The van der Waals surface area contributed by atoms with Crippen LogP contribution in [0.15, 0.2) is 42.5 Å². The zero-order chi connectivity index (χ0) is 18.5. The van der Waals surface area contributed by atoms with Gasteiger partial charge in [0.1, 0.15) is 6.61 Å². The molecule has 2 heterocycles. The number of nitrogens with one attached hydrogen (secondary N) is 1. The molecule has 0 saturated heterocycles. The third-order valence-electron chi connectivity index (χ3n) is 4.89. The highest BCUT2D eigenvalue weighted by molar-refractivity contribution is 5.76. The molecule has 1 fully saturated rings. The molecule has 0 atom stereocenters. The number of hydrogen-bond acceptors (Lipinski definition) is 5. The normalized spacial score (nSPS) is 14.5. The molecule has 4 rings (SSSR count). The van der Waals surface area contributed by atoms with Crippen LogP contribution >= 0.6 is 0 Å². The van der Waals surface area contributed by atoms with Crippen LogP contribution in [0.25, 0.3) is 17.0 Å². The summed E-state index contributed by atoms with van der Waals surface area (Å²) in [6.07, 6.45) is 5.49. The Kier molecular flexibility index (Phi) is 5.27. The SMILES string of the molecule is O=C(CC1CCCC1)NCCOc1ccc2nnc(-c3ccccc3)n2n1. The van der Waals surface area contributed by atoms with Gasteiger partial charge < -0.3 is 10.1 Å². The van der Waals surface area contributed by atoms with Gasteiger partial charge in [0, 0.05) is 18.1 Å². The second-order valence-corrected chi connectivity index (χ2v) is 6.88. The Hall–Kier alpha value is -2.96. The van der Waals surface area contributed by atoms with Crippen LogP contribution in [0.2, 0.25) is 0 Å². The predicted molar refractivity (Wildman–Crippen MR) is 101 cm³/mol. The first-order valence-corrected chi connectivity index (χ1v) is 9.47. The Morgan fingerprint density at radius 1 is 1.11 bits per heavy atom. The van der Waals surface area contributed by atoms with E-state index in [1.54, 1.807) is 10.6 Å². The quantitative estimate of drug-likeness (QED) is 0.651. The van der Waals surface area contributed by atoms with E-state index in [9.17, 15) is 4.79 Å². The van der Waals surface area contributed by atoms with E-state index in [1.807, 2.05) is 36.4 Å². The van der Waals surface area contributed by atoms with E-state index in [2.05, 4.69) is 20.6 Å². The molecule has 0 aliphatic heterocycles. The largest absolute Gasteiger partial charge is 0.475 e. The summed E-state index contributed by atoms with van der Waals surface area (Å²) in [4.78, 5) is 11.9. The fourth-order valence-electron chi connectivity index (χ4n) is 3.51. The summed E-state index contributed by atoms with van der Waals surface area (Å²) in [6, 6.07) is 13.4. The van der Waals surface area contributed by atoms with Crippen molar-refractivity contribution in [1.29, 1.82) is 0 Å². The van der Waals surface area contributed by atoms with Crippen molar-refractivity contribution in [3.8, 4) is 17.3 Å². The van der Waals surface area contributed by atoms with Gasteiger partial charge in [0.15, 0.2) is 11.5 Å². The molecule has 0 unspecified atom stereocenters. The van der Waals surface area contributed by atoms with E-state index < -0.39 is 0 Å². The molecule has 27 heavy (non-hydrogen) atoms. The van der Waals surface area contributed by atoms with E-state index in [-0.39, 0.29) is 5.91 Å². The van der Waals surface area contributed by atoms with Crippen molar-refractivity contribution >= 4 is 11.6 Å². The Morgan fingerprint density at radius 2 is 1.93 bits per heavy atom. The van der Waals surface area contributed by atoms with Crippen LogP contribution in [-0.2, 0) is 4.79 Å². The molecule has 1 N–H and O–H groups in total. The topological polar surface area (TPSA) is 81.4 Å². The molecule has 1 aromatic carbocycles. The number of ether oxygens (including phenoxy) is 1. The molecule has 3 aromatic rings. The predicted octanol–water partition coefficient (Wildman–Crippen LogP) is 2.87. The van der Waals surface area contributed by atoms with E-state index in [0.29, 0.717) is 42.8 Å². The van der Waals surface area contributed by atoms with Crippen LogP contribution < -0.4 is 10.1 Å². The third kappa shape index (κ3) is 4.24. The first kappa shape index (κ1) is 17.5. The van der Waals surface area contributed by atoms with Gasteiger partial charge in [-0.25, -0.2) is 0 Å². The number of carbonyl (C=O) groups excluding carboxylic acids is 1. The van der Waals surface area contributed by atoms with Crippen molar-refractivity contribution in [3.63, 3.8) is 0 Å². The summed E-state index contributed by atoms with van der Waals surface area (Å²) in [5.74, 6) is 1.81. The Balaban J connectivity index is 1.33. The van der Waals surface area contributed by atoms with E-state index >= 15 is 0 Å². The molecule has 0 radical (unpaired) electrons. The minimum absolute atomic E-state index is 0.110. The Labute approximate surface area is 157 Å². The second-order valence-electron chi connectivity index (χ2n) is 6.88. The molecule has 1 saturated carbocycles. The maximum absolute atomic E-state index is 11.9. The summed E-state index contributed by atoms with van der Waals surface area (Å²) in [6.45, 7) is 0.844. The summed E-state index contributed by atoms with van der Waals surface area (Å²) in [5, 5.41) is 15.7. The highest BCUT2D eigenvalue weighted by Crippen LogP contribution is 2.27. The standard InChI is InChI=1S/C20H23N5O2/c26-18(14-15-6-4-5-7-15)21-12-13-27-19-11-10-17-22-23-20(25(17)24-19)16-8-2-1-3-9-16/h1-3,8-11,15H,4-7,12-14H2,(H,21,26). The molecule has 1 aliphatic rings. The van der Waals surface area contributed by atoms with Gasteiger partial charge in [0.25, 0.3) is 0 Å². The average molecular weight is 365 g/mol. The number of nitrogens with zero attached hydrogens (tertiary/aromatic N) is 4. The number of aromatic nitrogens is 4. The highest BCUT2D eigenvalue weighted by atomic mass is 16.5. The van der Waals surface area contributed by atoms with Crippen molar-refractivity contribution in [1.82, 2.24) is 25.1 Å². The van der Waals surface area contributed by atoms with Crippen molar-refractivity contribution < 1.29 is 9.53 Å². The van der Waals surface area contributed by atoms with E-state index in [4.69, 9.17) is 4.74 Å². The van der Waals surface area contributed by atoms with Crippen LogP contribution in [0.5, 0.6) is 5.88 Å². The average Bonchev–Trinajstić information content (AvgIpc) is 3.35. The maximum Gasteiger partial charge on any atom is 0.231 e. The lowest BCUT2D eigenvalue weighted by Gasteiger charge is -2.10. The van der Waals surface area contributed by atoms with Gasteiger partial charge in [-0.1, -0.05) is 43.2 Å². The minimum Gasteiger partial charge on any atom is -0.475 e. The second kappa shape index (κ2) is 8.16. The maximum atomic E-state index is 11.9. The van der Waals surface area contributed by atoms with Gasteiger partial charge in [0.2, 0.25) is 11.8 Å². The first-order chi connectivity index (χ1) is 13.3. The number of amides is 1. The monoisotopic (exact) mass is 365 g/mol. The van der Waals surface area contributed by atoms with E-state index in [1.165, 1.54) is 25.7 Å². The van der Waals surface area contributed by atoms with Crippen LogP contribution in [0, 0.1) is 5.92 Å². The van der Waals surface area contributed by atoms with Gasteiger partial charge in [-0.05, 0) is 24.8 Å². The molecule has 0 spiro atoms. The molecular weight excluding hydrogens is 342 g/mol. The number of hydrogen-bond donors (Lipinski definition) is 1. The summed E-state index contributed by atoms with van der Waals surface area (Å²) >= 11 is 0. The highest BCUT2D eigenvalue weighted by Gasteiger charge is 2.18. The van der Waals surface area contributed by atoms with Crippen molar-refractivity contribution in [2.24, 2.45) is 5.92 Å². The van der Waals surface area contributed by atoms with Crippen molar-refractivity contribution in [3.05, 3.63) is 42.5 Å². The van der Waals surface area contributed by atoms with Gasteiger partial charge in [-0.3, -0.25) is 4.79 Å². The fourth-order valence-corrected chi connectivity index (χ4v) is 3.51. The summed E-state index contributed by atoms with van der Waals surface area (Å²) in [5.41, 5.74) is 1.60. The molecule has 0 bridgehead atoms. The zero-order valence-corrected chi connectivity index (χ0v) is 15.2. The lowest BCUT2D eigenvalue weighted by atomic mass is 10.0. The molecule has 1 amide bonds. The molecular formula is C20H23N5O2. The van der Waals surface area contributed by atoms with Crippen molar-refractivity contribution in [2.45, 2.75) is 32.1 Å². The molecule has 2 aromatic heterocycles. The van der Waals surface area contributed by atoms with Gasteiger partial charge >= 0.3 is 0 Å². The molecule has 7 nitrogen and oxygen atoms in total. The van der Waals surface area contributed by atoms with Crippen LogP contribution in [0.1, 0.15) is 32.1 Å². The molecule has 7 heteroatoms. The number of carbonyl (C=O) groups is 1. The third-order valence-corrected chi connectivity index (χ3v) is 4.89. The Morgan fingerprint density at radius 3 is 2.74 bits per heavy atom. The smallest absolute Gasteiger partial charge is 0.231 e. The fraction of sp³-hybridized carbons (Fsp3) is 0.400. The van der Waals surface area contributed by atoms with Gasteiger partial charge in [0.05, 0.1) is 6.54 Å².